The summed E-state index contributed by atoms with van der Waals surface area (Å²) in [6, 6.07) is 11.5. The van der Waals surface area contributed by atoms with E-state index in [1.54, 1.807) is 13.0 Å². The van der Waals surface area contributed by atoms with Crippen LogP contribution in [-0.4, -0.2) is 40.3 Å². The minimum absolute atomic E-state index is 0.0653. The Labute approximate surface area is 175 Å². The molecule has 1 fully saturated rings. The number of hydrogen-bond donors (Lipinski definition) is 2. The van der Waals surface area contributed by atoms with E-state index in [9.17, 15) is 14.9 Å². The highest BCUT2D eigenvalue weighted by molar-refractivity contribution is 5.95. The number of amides is 1. The molecule has 0 saturated carbocycles. The third kappa shape index (κ3) is 3.93. The second-order valence-electron chi connectivity index (χ2n) is 8.05. The van der Waals surface area contributed by atoms with Gasteiger partial charge < -0.3 is 10.3 Å². The second kappa shape index (κ2) is 8.28. The summed E-state index contributed by atoms with van der Waals surface area (Å²) < 4.78 is 0. The molecule has 0 unspecified atom stereocenters. The van der Waals surface area contributed by atoms with Gasteiger partial charge in [-0.05, 0) is 68.5 Å². The Morgan fingerprint density at radius 3 is 2.67 bits per heavy atom. The average molecular weight is 406 g/mol. The summed E-state index contributed by atoms with van der Waals surface area (Å²) in [6.45, 7) is 5.57. The number of piperidine rings is 1. The van der Waals surface area contributed by atoms with E-state index in [0.717, 1.165) is 42.6 Å². The summed E-state index contributed by atoms with van der Waals surface area (Å²) in [4.78, 5) is 29.0. The first-order valence-corrected chi connectivity index (χ1v) is 10.3. The monoisotopic (exact) mass is 406 g/mol. The molecule has 2 N–H and O–H groups in total. The highest BCUT2D eigenvalue weighted by Gasteiger charge is 2.25. The van der Waals surface area contributed by atoms with Crippen LogP contribution < -0.4 is 5.32 Å². The van der Waals surface area contributed by atoms with Crippen molar-refractivity contribution in [1.82, 2.24) is 9.88 Å². The van der Waals surface area contributed by atoms with Crippen LogP contribution >= 0.6 is 0 Å². The van der Waals surface area contributed by atoms with Crippen LogP contribution in [0.5, 0.6) is 0 Å². The number of benzene rings is 2. The normalized spacial score (nSPS) is 15.4. The number of rotatable bonds is 5. The number of H-pyrrole nitrogens is 1. The number of nitro benzene ring substituents is 1. The van der Waals surface area contributed by atoms with Gasteiger partial charge in [-0.2, -0.15) is 0 Å². The van der Waals surface area contributed by atoms with Gasteiger partial charge in [-0.15, -0.1) is 0 Å². The summed E-state index contributed by atoms with van der Waals surface area (Å²) in [5.41, 5.74) is 4.39. The maximum Gasteiger partial charge on any atom is 0.293 e. The number of aromatic nitrogens is 1. The molecule has 0 atom stereocenters. The Bertz CT molecular complexity index is 1100. The Hall–Kier alpha value is -3.19. The van der Waals surface area contributed by atoms with Crippen molar-refractivity contribution in [3.8, 4) is 0 Å². The van der Waals surface area contributed by atoms with Crippen LogP contribution in [0.25, 0.3) is 10.9 Å². The number of aryl methyl sites for hydroxylation is 1. The van der Waals surface area contributed by atoms with E-state index in [0.29, 0.717) is 11.6 Å². The van der Waals surface area contributed by atoms with E-state index >= 15 is 0 Å². The predicted molar refractivity (Wildman–Crippen MR) is 118 cm³/mol. The first-order valence-electron chi connectivity index (χ1n) is 10.3. The fourth-order valence-corrected chi connectivity index (χ4v) is 4.33. The Morgan fingerprint density at radius 2 is 1.93 bits per heavy atom. The molecule has 7 nitrogen and oxygen atoms in total. The Kier molecular flexibility index (Phi) is 5.55. The number of anilines is 1. The van der Waals surface area contributed by atoms with Gasteiger partial charge in [0.1, 0.15) is 5.69 Å². The Morgan fingerprint density at radius 1 is 1.20 bits per heavy atom. The van der Waals surface area contributed by atoms with Gasteiger partial charge in [0.25, 0.3) is 5.69 Å². The van der Waals surface area contributed by atoms with Crippen molar-refractivity contribution in [2.45, 2.75) is 32.6 Å². The van der Waals surface area contributed by atoms with Gasteiger partial charge in [0.05, 0.1) is 11.5 Å². The van der Waals surface area contributed by atoms with Gasteiger partial charge in [0.15, 0.2) is 0 Å². The fraction of sp³-hybridized carbons (Fsp3) is 0.348. The summed E-state index contributed by atoms with van der Waals surface area (Å²) >= 11 is 0. The third-order valence-electron chi connectivity index (χ3n) is 6.19. The van der Waals surface area contributed by atoms with Crippen molar-refractivity contribution in [2.24, 2.45) is 0 Å². The van der Waals surface area contributed by atoms with Crippen molar-refractivity contribution in [2.75, 3.05) is 25.0 Å². The number of nitrogens with zero attached hydrogens (tertiary/aromatic N) is 2. The summed E-state index contributed by atoms with van der Waals surface area (Å²) in [6.07, 6.45) is 4.08. The minimum Gasteiger partial charge on any atom is -0.361 e. The molecule has 0 radical (unpaired) electrons. The van der Waals surface area contributed by atoms with E-state index in [1.807, 2.05) is 13.0 Å². The zero-order valence-corrected chi connectivity index (χ0v) is 17.3. The number of nitro groups is 1. The molecule has 0 aliphatic carbocycles. The highest BCUT2D eigenvalue weighted by Crippen LogP contribution is 2.33. The number of likely N-dealkylation sites (tertiary alicyclic amines) is 1. The number of carbonyl (C=O) groups is 1. The van der Waals surface area contributed by atoms with Crippen LogP contribution in [0.2, 0.25) is 0 Å². The van der Waals surface area contributed by atoms with Crippen molar-refractivity contribution >= 4 is 28.2 Å². The molecule has 2 heterocycles. The van der Waals surface area contributed by atoms with E-state index in [4.69, 9.17) is 0 Å². The van der Waals surface area contributed by atoms with Crippen LogP contribution in [0.3, 0.4) is 0 Å². The molecular weight excluding hydrogens is 380 g/mol. The quantitative estimate of drug-likeness (QED) is 0.482. The number of hydrogen-bond acceptors (Lipinski definition) is 4. The van der Waals surface area contributed by atoms with Gasteiger partial charge in [-0.3, -0.25) is 19.8 Å². The molecule has 4 rings (SSSR count). The maximum atomic E-state index is 12.6. The van der Waals surface area contributed by atoms with E-state index in [2.05, 4.69) is 39.6 Å². The molecule has 156 valence electrons. The van der Waals surface area contributed by atoms with Gasteiger partial charge in [0.2, 0.25) is 5.91 Å². The first-order chi connectivity index (χ1) is 14.4. The smallest absolute Gasteiger partial charge is 0.293 e. The molecule has 1 saturated heterocycles. The second-order valence-corrected chi connectivity index (χ2v) is 8.05. The number of aromatic amines is 1. The van der Waals surface area contributed by atoms with E-state index < -0.39 is 4.92 Å². The standard InChI is InChI=1S/C23H26N4O3/c1-15-7-8-21(27(29)30)23(16(15)2)25-22(28)14-26-11-9-17(10-12-26)19-13-24-20-6-4-3-5-18(19)20/h3-8,13,17,24H,9-12,14H2,1-2H3,(H,25,28). The van der Waals surface area contributed by atoms with Crippen LogP contribution in [0.4, 0.5) is 11.4 Å². The van der Waals surface area contributed by atoms with Crippen LogP contribution in [0, 0.1) is 24.0 Å². The third-order valence-corrected chi connectivity index (χ3v) is 6.19. The van der Waals surface area contributed by atoms with Gasteiger partial charge in [-0.25, -0.2) is 0 Å². The van der Waals surface area contributed by atoms with Crippen molar-refractivity contribution < 1.29 is 9.72 Å². The lowest BCUT2D eigenvalue weighted by atomic mass is 9.89. The summed E-state index contributed by atoms with van der Waals surface area (Å²) in [5, 5.41) is 15.4. The predicted octanol–water partition coefficient (Wildman–Crippen LogP) is 4.51. The van der Waals surface area contributed by atoms with Crippen LogP contribution in [0.15, 0.2) is 42.6 Å². The molecular formula is C23H26N4O3. The average Bonchev–Trinajstić information content (AvgIpc) is 3.16. The Balaban J connectivity index is 1.38. The van der Waals surface area contributed by atoms with Gasteiger partial charge >= 0.3 is 0 Å². The topological polar surface area (TPSA) is 91.3 Å². The van der Waals surface area contributed by atoms with Crippen LogP contribution in [0.1, 0.15) is 35.4 Å². The largest absolute Gasteiger partial charge is 0.361 e. The molecule has 30 heavy (non-hydrogen) atoms. The summed E-state index contributed by atoms with van der Waals surface area (Å²) in [5.74, 6) is 0.262. The minimum atomic E-state index is -0.450. The molecule has 7 heteroatoms. The first kappa shape index (κ1) is 20.1. The number of para-hydroxylation sites is 1. The zero-order chi connectivity index (χ0) is 21.3. The lowest BCUT2D eigenvalue weighted by Gasteiger charge is -2.31. The van der Waals surface area contributed by atoms with Gasteiger partial charge in [0, 0.05) is 23.2 Å². The lowest BCUT2D eigenvalue weighted by Crippen LogP contribution is -2.38. The maximum absolute atomic E-state index is 12.6. The molecule has 1 aromatic heterocycles. The molecule has 0 bridgehead atoms. The molecule has 1 aliphatic heterocycles. The number of fused-ring (bicyclic) bond motifs is 1. The molecule has 1 amide bonds. The molecule has 2 aromatic carbocycles. The van der Waals surface area contributed by atoms with Crippen LogP contribution in [-0.2, 0) is 4.79 Å². The van der Waals surface area contributed by atoms with Gasteiger partial charge in [-0.1, -0.05) is 24.3 Å². The molecule has 1 aliphatic rings. The highest BCUT2D eigenvalue weighted by atomic mass is 16.6. The van der Waals surface area contributed by atoms with Crippen molar-refractivity contribution in [3.63, 3.8) is 0 Å². The number of nitrogens with one attached hydrogen (secondary N) is 2. The van der Waals surface area contributed by atoms with E-state index in [1.165, 1.54) is 17.0 Å². The van der Waals surface area contributed by atoms with E-state index in [-0.39, 0.29) is 18.1 Å². The molecule has 3 aromatic rings. The lowest BCUT2D eigenvalue weighted by molar-refractivity contribution is -0.384. The number of carbonyl (C=O) groups excluding carboxylic acids is 1. The van der Waals surface area contributed by atoms with Crippen molar-refractivity contribution in [1.29, 1.82) is 0 Å². The molecule has 0 spiro atoms. The summed E-state index contributed by atoms with van der Waals surface area (Å²) in [7, 11) is 0. The SMILES string of the molecule is Cc1ccc([N+](=O)[O-])c(NC(=O)CN2CCC(c3c[nH]c4ccccc34)CC2)c1C. The zero-order valence-electron chi connectivity index (χ0n) is 17.3. The van der Waals surface area contributed by atoms with Crippen molar-refractivity contribution in [3.05, 3.63) is 69.4 Å². The fourth-order valence-electron chi connectivity index (χ4n) is 4.33.